The Morgan fingerprint density at radius 2 is 2.00 bits per heavy atom. The highest BCUT2D eigenvalue weighted by atomic mass is 16.5. The molecule has 3 amide bonds. The van der Waals surface area contributed by atoms with Gasteiger partial charge < -0.3 is 25.8 Å². The fourth-order valence-corrected chi connectivity index (χ4v) is 2.97. The van der Waals surface area contributed by atoms with Gasteiger partial charge in [0.15, 0.2) is 5.69 Å². The Bertz CT molecular complexity index is 778. The maximum absolute atomic E-state index is 12.8. The van der Waals surface area contributed by atoms with Crippen LogP contribution in [0, 0.1) is 5.92 Å². The first-order valence-corrected chi connectivity index (χ1v) is 9.52. The normalized spacial score (nSPS) is 16.7. The van der Waals surface area contributed by atoms with Crippen molar-refractivity contribution in [2.24, 2.45) is 5.92 Å². The minimum absolute atomic E-state index is 0.0963. The van der Waals surface area contributed by atoms with Gasteiger partial charge in [0, 0.05) is 18.5 Å². The largest absolute Gasteiger partial charge is 0.505 e. The number of ether oxygens (including phenoxy) is 1. The van der Waals surface area contributed by atoms with Gasteiger partial charge in [-0.05, 0) is 26.0 Å². The monoisotopic (exact) mass is 404 g/mol. The lowest BCUT2D eigenvalue weighted by molar-refractivity contribution is -0.136. The summed E-state index contributed by atoms with van der Waals surface area (Å²) in [6, 6.07) is 1.05. The van der Waals surface area contributed by atoms with E-state index in [1.165, 1.54) is 18.3 Å². The van der Waals surface area contributed by atoms with E-state index in [1.807, 2.05) is 0 Å². The molecule has 2 rings (SSSR count). The maximum Gasteiger partial charge on any atom is 0.274 e. The van der Waals surface area contributed by atoms with Crippen molar-refractivity contribution in [3.05, 3.63) is 36.2 Å². The third kappa shape index (κ3) is 5.77. The molecule has 29 heavy (non-hydrogen) atoms. The molecular formula is C20H28N4O5. The Morgan fingerprint density at radius 3 is 2.52 bits per heavy atom. The van der Waals surface area contributed by atoms with Crippen molar-refractivity contribution in [1.29, 1.82) is 0 Å². The lowest BCUT2D eigenvalue weighted by Crippen LogP contribution is -2.59. The minimum atomic E-state index is -0.708. The number of nitrogens with one attached hydrogen (secondary N) is 3. The third-order valence-corrected chi connectivity index (χ3v) is 4.74. The van der Waals surface area contributed by atoms with Crippen molar-refractivity contribution in [2.75, 3.05) is 13.2 Å². The zero-order valence-electron chi connectivity index (χ0n) is 16.9. The van der Waals surface area contributed by atoms with E-state index in [-0.39, 0.29) is 35.6 Å². The van der Waals surface area contributed by atoms with E-state index in [4.69, 9.17) is 4.74 Å². The number of pyridine rings is 1. The van der Waals surface area contributed by atoms with Crippen molar-refractivity contribution in [3.8, 4) is 5.75 Å². The van der Waals surface area contributed by atoms with Gasteiger partial charge >= 0.3 is 0 Å². The van der Waals surface area contributed by atoms with Gasteiger partial charge in [-0.25, -0.2) is 4.98 Å². The van der Waals surface area contributed by atoms with Crippen LogP contribution in [0.25, 0.3) is 0 Å². The summed E-state index contributed by atoms with van der Waals surface area (Å²) < 4.78 is 5.15. The van der Waals surface area contributed by atoms with Gasteiger partial charge in [0.05, 0.1) is 25.3 Å². The number of aromatic hydroxyl groups is 1. The fraction of sp³-hybridized carbons (Fsp3) is 0.500. The first-order valence-electron chi connectivity index (χ1n) is 9.52. The average molecular weight is 404 g/mol. The number of carbonyl (C=O) groups excluding carboxylic acids is 3. The van der Waals surface area contributed by atoms with Crippen LogP contribution in [0.4, 0.5) is 0 Å². The third-order valence-electron chi connectivity index (χ3n) is 4.74. The second-order valence-electron chi connectivity index (χ2n) is 7.16. The smallest absolute Gasteiger partial charge is 0.274 e. The van der Waals surface area contributed by atoms with Crippen LogP contribution in [0.3, 0.4) is 0 Å². The molecule has 3 atom stereocenters. The summed E-state index contributed by atoms with van der Waals surface area (Å²) in [5.41, 5.74) is 0.500. The molecular weight excluding hydrogens is 376 g/mol. The first-order chi connectivity index (χ1) is 13.7. The first kappa shape index (κ1) is 22.4. The lowest BCUT2D eigenvalue weighted by atomic mass is 9.95. The van der Waals surface area contributed by atoms with E-state index in [9.17, 15) is 19.5 Å². The number of hydrogen-bond acceptors (Lipinski definition) is 6. The van der Waals surface area contributed by atoms with Crippen LogP contribution in [0.5, 0.6) is 5.75 Å². The quantitative estimate of drug-likeness (QED) is 0.444. The van der Waals surface area contributed by atoms with E-state index >= 15 is 0 Å². The number of hydrogen-bond donors (Lipinski definition) is 4. The van der Waals surface area contributed by atoms with Gasteiger partial charge in [0.2, 0.25) is 11.8 Å². The molecule has 9 nitrogen and oxygen atoms in total. The molecule has 0 radical (unpaired) electrons. The maximum atomic E-state index is 12.8. The van der Waals surface area contributed by atoms with Gasteiger partial charge in [-0.2, -0.15) is 0 Å². The molecule has 0 saturated carbocycles. The molecule has 0 bridgehead atoms. The summed E-state index contributed by atoms with van der Waals surface area (Å²) in [6.45, 7) is 9.85. The molecule has 4 N–H and O–H groups in total. The van der Waals surface area contributed by atoms with Crippen LogP contribution in [0.1, 0.15) is 37.7 Å². The number of amides is 3. The predicted octanol–water partition coefficient (Wildman–Crippen LogP) is 0.508. The van der Waals surface area contributed by atoms with Gasteiger partial charge in [-0.15, -0.1) is 0 Å². The summed E-state index contributed by atoms with van der Waals surface area (Å²) in [5, 5.41) is 18.1. The molecule has 2 heterocycles. The highest BCUT2D eigenvalue weighted by molar-refractivity contribution is 5.95. The molecule has 1 fully saturated rings. The molecule has 1 aromatic rings. The van der Waals surface area contributed by atoms with Crippen molar-refractivity contribution < 1.29 is 24.2 Å². The SMILES string of the molecule is C=C(C)C(NC(=O)c1ncccc1O)C(C)NC(=O)C(NC(=O)CC)C1COC1. The van der Waals surface area contributed by atoms with E-state index < -0.39 is 24.0 Å². The number of carbonyl (C=O) groups is 3. The molecule has 9 heteroatoms. The summed E-state index contributed by atoms with van der Waals surface area (Å²) in [5.74, 6) is -1.50. The van der Waals surface area contributed by atoms with Crippen LogP contribution in [-0.2, 0) is 14.3 Å². The van der Waals surface area contributed by atoms with Crippen molar-refractivity contribution >= 4 is 17.7 Å². The zero-order valence-corrected chi connectivity index (χ0v) is 16.9. The van der Waals surface area contributed by atoms with Crippen LogP contribution in [0.15, 0.2) is 30.5 Å². The predicted molar refractivity (Wildman–Crippen MR) is 106 cm³/mol. The van der Waals surface area contributed by atoms with Gasteiger partial charge in [-0.1, -0.05) is 19.1 Å². The van der Waals surface area contributed by atoms with Gasteiger partial charge in [0.25, 0.3) is 5.91 Å². The van der Waals surface area contributed by atoms with Crippen molar-refractivity contribution in [2.45, 2.75) is 45.3 Å². The van der Waals surface area contributed by atoms with Crippen molar-refractivity contribution in [3.63, 3.8) is 0 Å². The molecule has 0 spiro atoms. The van der Waals surface area contributed by atoms with E-state index in [0.717, 1.165) is 0 Å². The zero-order chi connectivity index (χ0) is 21.6. The molecule has 1 saturated heterocycles. The highest BCUT2D eigenvalue weighted by Crippen LogP contribution is 2.17. The molecule has 0 aliphatic carbocycles. The van der Waals surface area contributed by atoms with Crippen LogP contribution >= 0.6 is 0 Å². The molecule has 3 unspecified atom stereocenters. The summed E-state index contributed by atoms with van der Waals surface area (Å²) in [7, 11) is 0. The van der Waals surface area contributed by atoms with Gasteiger partial charge in [-0.3, -0.25) is 14.4 Å². The molecule has 1 aliphatic rings. The standard InChI is InChI=1S/C20H28N4O5/c1-5-15(26)23-17(13-9-29-10-13)19(27)22-12(4)16(11(2)3)24-20(28)18-14(25)7-6-8-21-18/h6-8,12-13,16-17,25H,2,5,9-10H2,1,3-4H3,(H,22,27)(H,23,26)(H,24,28). The van der Waals surface area contributed by atoms with E-state index in [1.54, 1.807) is 20.8 Å². The Labute approximate surface area is 169 Å². The Kier molecular flexibility index (Phi) is 7.72. The minimum Gasteiger partial charge on any atom is -0.505 e. The number of nitrogens with zero attached hydrogens (tertiary/aromatic N) is 1. The lowest BCUT2D eigenvalue weighted by Gasteiger charge is -2.35. The average Bonchev–Trinajstić information content (AvgIpc) is 2.63. The molecule has 0 aromatic carbocycles. The van der Waals surface area contributed by atoms with Crippen molar-refractivity contribution in [1.82, 2.24) is 20.9 Å². The highest BCUT2D eigenvalue weighted by Gasteiger charge is 2.36. The Balaban J connectivity index is 2.07. The molecule has 1 aromatic heterocycles. The van der Waals surface area contributed by atoms with Gasteiger partial charge in [0.1, 0.15) is 11.8 Å². The van der Waals surface area contributed by atoms with Crippen LogP contribution < -0.4 is 16.0 Å². The second-order valence-corrected chi connectivity index (χ2v) is 7.16. The topological polar surface area (TPSA) is 130 Å². The molecule has 158 valence electrons. The van der Waals surface area contributed by atoms with E-state index in [2.05, 4.69) is 27.5 Å². The van der Waals surface area contributed by atoms with E-state index in [0.29, 0.717) is 18.8 Å². The second kappa shape index (κ2) is 10.0. The number of aromatic nitrogens is 1. The summed E-state index contributed by atoms with van der Waals surface area (Å²) in [6.07, 6.45) is 1.67. The number of rotatable bonds is 9. The van der Waals surface area contributed by atoms with Crippen LogP contribution in [0.2, 0.25) is 0 Å². The van der Waals surface area contributed by atoms with Crippen LogP contribution in [-0.4, -0.2) is 59.2 Å². The summed E-state index contributed by atoms with van der Waals surface area (Å²) in [4.78, 5) is 41.0. The summed E-state index contributed by atoms with van der Waals surface area (Å²) >= 11 is 0. The Hall–Kier alpha value is -2.94. The fourth-order valence-electron chi connectivity index (χ4n) is 2.97. The Morgan fingerprint density at radius 1 is 1.31 bits per heavy atom. The molecule has 1 aliphatic heterocycles.